The number of hydrogen-bond donors (Lipinski definition) is 0. The molecule has 2 aromatic carbocycles. The summed E-state index contributed by atoms with van der Waals surface area (Å²) in [4.78, 5) is 30.0. The summed E-state index contributed by atoms with van der Waals surface area (Å²) in [7, 11) is 0. The smallest absolute Gasteiger partial charge is 0.344 e. The summed E-state index contributed by atoms with van der Waals surface area (Å²) in [5.74, 6) is 0.00102. The SMILES string of the molecule is CC(=O)N(c1ccccc1)c1nc(COC(=O)COc2ccc(C)c(C)c2)cs1. The third-order valence-corrected chi connectivity index (χ3v) is 5.15. The summed E-state index contributed by atoms with van der Waals surface area (Å²) in [6, 6.07) is 14.9. The highest BCUT2D eigenvalue weighted by Crippen LogP contribution is 2.28. The van der Waals surface area contributed by atoms with Crippen LogP contribution in [-0.2, 0) is 20.9 Å². The summed E-state index contributed by atoms with van der Waals surface area (Å²) in [5.41, 5.74) is 3.57. The Morgan fingerprint density at radius 2 is 1.83 bits per heavy atom. The number of aryl methyl sites for hydroxylation is 2. The van der Waals surface area contributed by atoms with Crippen LogP contribution in [-0.4, -0.2) is 23.5 Å². The van der Waals surface area contributed by atoms with E-state index >= 15 is 0 Å². The number of rotatable bonds is 7. The summed E-state index contributed by atoms with van der Waals surface area (Å²) in [5, 5.41) is 2.30. The maximum absolute atomic E-state index is 12.1. The van der Waals surface area contributed by atoms with E-state index in [1.54, 1.807) is 5.38 Å². The zero-order valence-electron chi connectivity index (χ0n) is 16.5. The van der Waals surface area contributed by atoms with Gasteiger partial charge in [0.05, 0.1) is 11.4 Å². The molecule has 0 unspecified atom stereocenters. The lowest BCUT2D eigenvalue weighted by atomic mass is 10.1. The van der Waals surface area contributed by atoms with Gasteiger partial charge in [-0.15, -0.1) is 11.3 Å². The van der Waals surface area contributed by atoms with Crippen LogP contribution in [0.1, 0.15) is 23.7 Å². The van der Waals surface area contributed by atoms with Gasteiger partial charge in [0.2, 0.25) is 5.91 Å². The Bertz CT molecular complexity index is 1000. The molecule has 3 aromatic rings. The van der Waals surface area contributed by atoms with E-state index in [-0.39, 0.29) is 19.1 Å². The normalized spacial score (nSPS) is 10.4. The van der Waals surface area contributed by atoms with E-state index in [9.17, 15) is 9.59 Å². The third kappa shape index (κ3) is 5.42. The lowest BCUT2D eigenvalue weighted by Gasteiger charge is -2.17. The number of anilines is 2. The van der Waals surface area contributed by atoms with Gasteiger partial charge in [0.1, 0.15) is 12.4 Å². The molecule has 0 N–H and O–H groups in total. The molecule has 0 aliphatic rings. The van der Waals surface area contributed by atoms with Gasteiger partial charge < -0.3 is 9.47 Å². The number of carbonyl (C=O) groups excluding carboxylic acids is 2. The molecule has 0 aliphatic carbocycles. The van der Waals surface area contributed by atoms with E-state index in [2.05, 4.69) is 4.98 Å². The first-order valence-electron chi connectivity index (χ1n) is 9.10. The van der Waals surface area contributed by atoms with Crippen LogP contribution in [0.4, 0.5) is 10.8 Å². The van der Waals surface area contributed by atoms with Crippen molar-refractivity contribution in [2.24, 2.45) is 0 Å². The summed E-state index contributed by atoms with van der Waals surface area (Å²) in [6.07, 6.45) is 0. The number of ether oxygens (including phenoxy) is 2. The number of benzene rings is 2. The fourth-order valence-corrected chi connectivity index (χ4v) is 3.48. The molecular formula is C22H22N2O4S. The Morgan fingerprint density at radius 3 is 2.52 bits per heavy atom. The summed E-state index contributed by atoms with van der Waals surface area (Å²) < 4.78 is 10.7. The highest BCUT2D eigenvalue weighted by atomic mass is 32.1. The van der Waals surface area contributed by atoms with Crippen molar-refractivity contribution in [1.82, 2.24) is 4.98 Å². The average molecular weight is 410 g/mol. The van der Waals surface area contributed by atoms with Gasteiger partial charge in [0.25, 0.3) is 0 Å². The number of thiazole rings is 1. The van der Waals surface area contributed by atoms with Crippen molar-refractivity contribution in [3.05, 3.63) is 70.7 Å². The molecule has 0 saturated carbocycles. The van der Waals surface area contributed by atoms with Crippen LogP contribution in [0.15, 0.2) is 53.9 Å². The molecule has 0 radical (unpaired) electrons. The van der Waals surface area contributed by atoms with Crippen molar-refractivity contribution in [1.29, 1.82) is 0 Å². The topological polar surface area (TPSA) is 68.7 Å². The maximum Gasteiger partial charge on any atom is 0.344 e. The van der Waals surface area contributed by atoms with Crippen LogP contribution in [0.2, 0.25) is 0 Å². The molecule has 1 heterocycles. The summed E-state index contributed by atoms with van der Waals surface area (Å²) >= 11 is 1.32. The molecule has 0 aliphatic heterocycles. The van der Waals surface area contributed by atoms with Crippen LogP contribution in [0.3, 0.4) is 0 Å². The number of para-hydroxylation sites is 1. The number of esters is 1. The van der Waals surface area contributed by atoms with E-state index in [4.69, 9.17) is 9.47 Å². The Hall–Kier alpha value is -3.19. The number of amides is 1. The molecule has 6 nitrogen and oxygen atoms in total. The largest absolute Gasteiger partial charge is 0.482 e. The fraction of sp³-hybridized carbons (Fsp3) is 0.227. The molecule has 0 saturated heterocycles. The van der Waals surface area contributed by atoms with Gasteiger partial charge in [-0.05, 0) is 49.2 Å². The van der Waals surface area contributed by atoms with Gasteiger partial charge in [-0.25, -0.2) is 9.78 Å². The Labute approximate surface area is 173 Å². The monoisotopic (exact) mass is 410 g/mol. The standard InChI is InChI=1S/C22H22N2O4S/c1-15-9-10-20(11-16(15)2)27-13-21(26)28-12-18-14-29-22(23-18)24(17(3)25)19-7-5-4-6-8-19/h4-11,14H,12-13H2,1-3H3. The van der Waals surface area contributed by atoms with Gasteiger partial charge in [-0.1, -0.05) is 24.3 Å². The van der Waals surface area contributed by atoms with Crippen LogP contribution in [0.25, 0.3) is 0 Å². The molecular weight excluding hydrogens is 388 g/mol. The van der Waals surface area contributed by atoms with E-state index in [1.165, 1.54) is 23.2 Å². The van der Waals surface area contributed by atoms with Gasteiger partial charge in [-0.3, -0.25) is 9.69 Å². The van der Waals surface area contributed by atoms with Crippen LogP contribution < -0.4 is 9.64 Å². The van der Waals surface area contributed by atoms with E-state index in [1.807, 2.05) is 62.4 Å². The predicted molar refractivity (Wildman–Crippen MR) is 113 cm³/mol. The quantitative estimate of drug-likeness (QED) is 0.534. The van der Waals surface area contributed by atoms with Crippen molar-refractivity contribution in [3.8, 4) is 5.75 Å². The van der Waals surface area contributed by atoms with E-state index in [0.29, 0.717) is 16.6 Å². The highest BCUT2D eigenvalue weighted by molar-refractivity contribution is 7.14. The number of hydrogen-bond acceptors (Lipinski definition) is 6. The molecule has 29 heavy (non-hydrogen) atoms. The van der Waals surface area contributed by atoms with Crippen molar-refractivity contribution in [2.75, 3.05) is 11.5 Å². The molecule has 150 valence electrons. The number of carbonyl (C=O) groups is 2. The second kappa shape index (κ2) is 9.34. The second-order valence-corrected chi connectivity index (χ2v) is 7.34. The molecule has 0 atom stereocenters. The number of nitrogens with zero attached hydrogens (tertiary/aromatic N) is 2. The lowest BCUT2D eigenvalue weighted by Crippen LogP contribution is -2.22. The maximum atomic E-state index is 12.1. The molecule has 3 rings (SSSR count). The van der Waals surface area contributed by atoms with Gasteiger partial charge in [0.15, 0.2) is 11.7 Å². The third-order valence-electron chi connectivity index (χ3n) is 4.28. The van der Waals surface area contributed by atoms with Crippen LogP contribution in [0, 0.1) is 13.8 Å². The van der Waals surface area contributed by atoms with Crippen LogP contribution in [0.5, 0.6) is 5.75 Å². The molecule has 1 amide bonds. The Kier molecular flexibility index (Phi) is 6.61. The van der Waals surface area contributed by atoms with E-state index in [0.717, 1.165) is 16.8 Å². The van der Waals surface area contributed by atoms with E-state index < -0.39 is 5.97 Å². The predicted octanol–water partition coefficient (Wildman–Crippen LogP) is 4.57. The van der Waals surface area contributed by atoms with Crippen molar-refractivity contribution >= 4 is 34.0 Å². The minimum Gasteiger partial charge on any atom is -0.482 e. The second-order valence-electron chi connectivity index (χ2n) is 6.51. The Morgan fingerprint density at radius 1 is 1.07 bits per heavy atom. The van der Waals surface area contributed by atoms with Gasteiger partial charge >= 0.3 is 5.97 Å². The molecule has 0 spiro atoms. The van der Waals surface area contributed by atoms with Gasteiger partial charge in [-0.2, -0.15) is 0 Å². The minimum atomic E-state index is -0.482. The minimum absolute atomic E-state index is 0.0200. The van der Waals surface area contributed by atoms with Gasteiger partial charge in [0, 0.05) is 12.3 Å². The molecule has 0 bridgehead atoms. The average Bonchev–Trinajstić information content (AvgIpc) is 3.16. The molecule has 1 aromatic heterocycles. The molecule has 7 heteroatoms. The first-order chi connectivity index (χ1) is 13.9. The first-order valence-corrected chi connectivity index (χ1v) is 9.98. The zero-order chi connectivity index (χ0) is 20.8. The van der Waals surface area contributed by atoms with Crippen LogP contribution >= 0.6 is 11.3 Å². The first kappa shape index (κ1) is 20.5. The zero-order valence-corrected chi connectivity index (χ0v) is 17.4. The lowest BCUT2D eigenvalue weighted by molar-refractivity contribution is -0.147. The Balaban J connectivity index is 1.56. The number of aromatic nitrogens is 1. The highest BCUT2D eigenvalue weighted by Gasteiger charge is 2.18. The van der Waals surface area contributed by atoms with Crippen molar-refractivity contribution in [2.45, 2.75) is 27.4 Å². The summed E-state index contributed by atoms with van der Waals surface area (Å²) in [6.45, 7) is 5.33. The van der Waals surface area contributed by atoms with Crippen molar-refractivity contribution in [3.63, 3.8) is 0 Å². The fourth-order valence-electron chi connectivity index (χ4n) is 2.61. The van der Waals surface area contributed by atoms with Crippen molar-refractivity contribution < 1.29 is 19.1 Å². The molecule has 0 fully saturated rings.